The van der Waals surface area contributed by atoms with Crippen LogP contribution in [0, 0.1) is 6.92 Å². The van der Waals surface area contributed by atoms with E-state index >= 15 is 0 Å². The predicted octanol–water partition coefficient (Wildman–Crippen LogP) is 0.623. The summed E-state index contributed by atoms with van der Waals surface area (Å²) in [4.78, 5) is 1.59. The number of sulfone groups is 1. The normalized spacial score (nSPS) is 21.6. The van der Waals surface area contributed by atoms with Gasteiger partial charge in [0.25, 0.3) is 0 Å². The molecule has 0 saturated carbocycles. The average Bonchev–Trinajstić information content (AvgIpc) is 2.80. The molecule has 6 nitrogen and oxygen atoms in total. The molecule has 120 valence electrons. The number of nitrogens with two attached hydrogens (primary N) is 1. The van der Waals surface area contributed by atoms with Gasteiger partial charge in [-0.1, -0.05) is 0 Å². The first-order chi connectivity index (χ1) is 9.67. The van der Waals surface area contributed by atoms with Gasteiger partial charge in [-0.25, -0.2) is 16.8 Å². The Morgan fingerprint density at radius 1 is 1.38 bits per heavy atom. The Labute approximate surface area is 133 Å². The number of aryl methyl sites for hydroxylation is 1. The van der Waals surface area contributed by atoms with E-state index in [-0.39, 0.29) is 23.7 Å². The van der Waals surface area contributed by atoms with E-state index in [2.05, 4.69) is 0 Å². The van der Waals surface area contributed by atoms with Crippen molar-refractivity contribution < 1.29 is 16.8 Å². The van der Waals surface area contributed by atoms with Crippen molar-refractivity contribution in [3.05, 3.63) is 15.8 Å². The highest BCUT2D eigenvalue weighted by atomic mass is 32.2. The van der Waals surface area contributed by atoms with Crippen LogP contribution in [0.1, 0.15) is 9.75 Å². The highest BCUT2D eigenvalue weighted by Gasteiger charge is 2.40. The molecule has 0 aliphatic carbocycles. The van der Waals surface area contributed by atoms with Gasteiger partial charge in [0.2, 0.25) is 10.0 Å². The number of sulfonamides is 1. The lowest BCUT2D eigenvalue weighted by atomic mass is 10.4. The molecular weight excluding hydrogens is 352 g/mol. The summed E-state index contributed by atoms with van der Waals surface area (Å²) in [6.07, 6.45) is 1.08. The maximum Gasteiger partial charge on any atom is 0.245 e. The summed E-state index contributed by atoms with van der Waals surface area (Å²) in [6.45, 7) is 2.19. The average molecular weight is 371 g/mol. The van der Waals surface area contributed by atoms with E-state index in [1.54, 1.807) is 13.0 Å². The molecule has 0 spiro atoms. The molecule has 2 heterocycles. The standard InChI is InChI=1S/C11H18N2O4S4/c1-8-10(5-9(6-12)19-8)21(16,17)13-3-4-18-7-11(13)20(2,14)15/h5,11H,3-4,6-7,12H2,1-2H3. The zero-order chi connectivity index (χ0) is 15.8. The van der Waals surface area contributed by atoms with Crippen LogP contribution in [0.4, 0.5) is 0 Å². The van der Waals surface area contributed by atoms with Gasteiger partial charge in [0.1, 0.15) is 5.37 Å². The van der Waals surface area contributed by atoms with E-state index in [9.17, 15) is 16.8 Å². The van der Waals surface area contributed by atoms with E-state index < -0.39 is 25.2 Å². The van der Waals surface area contributed by atoms with E-state index in [0.29, 0.717) is 10.6 Å². The molecular formula is C11H18N2O4S4. The fourth-order valence-electron chi connectivity index (χ4n) is 2.19. The van der Waals surface area contributed by atoms with Crippen LogP contribution in [-0.2, 0) is 26.4 Å². The summed E-state index contributed by atoms with van der Waals surface area (Å²) < 4.78 is 50.5. The number of hydrogen-bond acceptors (Lipinski definition) is 7. The molecule has 2 N–H and O–H groups in total. The number of thioether (sulfide) groups is 1. The first kappa shape index (κ1) is 17.2. The minimum absolute atomic E-state index is 0.175. The third-order valence-electron chi connectivity index (χ3n) is 3.24. The van der Waals surface area contributed by atoms with Crippen LogP contribution in [-0.4, -0.2) is 50.8 Å². The maximum atomic E-state index is 12.8. The van der Waals surface area contributed by atoms with E-state index in [0.717, 1.165) is 15.4 Å². The lowest BCUT2D eigenvalue weighted by molar-refractivity contribution is 0.405. The Hall–Kier alpha value is -0.130. The highest BCUT2D eigenvalue weighted by molar-refractivity contribution is 8.01. The fourth-order valence-corrected chi connectivity index (χ4v) is 8.84. The number of rotatable bonds is 4. The first-order valence-corrected chi connectivity index (χ1v) is 11.6. The molecule has 1 aliphatic heterocycles. The molecule has 1 atom stereocenters. The van der Waals surface area contributed by atoms with E-state index in [1.165, 1.54) is 23.1 Å². The fraction of sp³-hybridized carbons (Fsp3) is 0.636. The Morgan fingerprint density at radius 3 is 2.57 bits per heavy atom. The molecule has 1 aromatic rings. The molecule has 1 fully saturated rings. The summed E-state index contributed by atoms with van der Waals surface area (Å²) >= 11 is 2.78. The zero-order valence-corrected chi connectivity index (χ0v) is 15.0. The van der Waals surface area contributed by atoms with Crippen LogP contribution in [0.2, 0.25) is 0 Å². The van der Waals surface area contributed by atoms with Crippen molar-refractivity contribution in [2.45, 2.75) is 23.7 Å². The molecule has 1 saturated heterocycles. The SMILES string of the molecule is Cc1sc(CN)cc1S(=O)(=O)N1CCSCC1S(C)(=O)=O. The van der Waals surface area contributed by atoms with Crippen molar-refractivity contribution >= 4 is 43.0 Å². The minimum atomic E-state index is -3.82. The second kappa shape index (κ2) is 6.17. The Kier molecular flexibility index (Phi) is 5.06. The first-order valence-electron chi connectivity index (χ1n) is 6.25. The molecule has 1 unspecified atom stereocenters. The number of hydrogen-bond donors (Lipinski definition) is 1. The molecule has 10 heteroatoms. The smallest absolute Gasteiger partial charge is 0.245 e. The summed E-state index contributed by atoms with van der Waals surface area (Å²) in [5.41, 5.74) is 5.55. The Balaban J connectivity index is 2.48. The van der Waals surface area contributed by atoms with Crippen molar-refractivity contribution in [3.8, 4) is 0 Å². The van der Waals surface area contributed by atoms with E-state index in [1.807, 2.05) is 0 Å². The Bertz CT molecular complexity index is 723. The van der Waals surface area contributed by atoms with Gasteiger partial charge in [-0.05, 0) is 13.0 Å². The predicted molar refractivity (Wildman–Crippen MR) is 86.8 cm³/mol. The third-order valence-corrected chi connectivity index (χ3v) is 9.26. The van der Waals surface area contributed by atoms with Crippen LogP contribution in [0.15, 0.2) is 11.0 Å². The molecule has 2 rings (SSSR count). The van der Waals surface area contributed by atoms with Gasteiger partial charge in [-0.15, -0.1) is 11.3 Å². The molecule has 1 aromatic heterocycles. The Morgan fingerprint density at radius 2 is 2.05 bits per heavy atom. The summed E-state index contributed by atoms with van der Waals surface area (Å²) in [5.74, 6) is 0.864. The van der Waals surface area contributed by atoms with Crippen molar-refractivity contribution in [1.82, 2.24) is 4.31 Å². The second-order valence-corrected chi connectivity index (χ2v) is 11.4. The summed E-state index contributed by atoms with van der Waals surface area (Å²) in [5, 5.41) is -0.998. The third kappa shape index (κ3) is 3.45. The molecule has 1 aliphatic rings. The highest BCUT2D eigenvalue weighted by Crippen LogP contribution is 2.32. The second-order valence-electron chi connectivity index (χ2n) is 4.81. The van der Waals surface area contributed by atoms with Crippen LogP contribution in [0.5, 0.6) is 0 Å². The largest absolute Gasteiger partial charge is 0.326 e. The number of nitrogens with zero attached hydrogens (tertiary/aromatic N) is 1. The van der Waals surface area contributed by atoms with Gasteiger partial charge in [0.15, 0.2) is 9.84 Å². The summed E-state index contributed by atoms with van der Waals surface area (Å²) in [6, 6.07) is 1.55. The minimum Gasteiger partial charge on any atom is -0.326 e. The monoisotopic (exact) mass is 370 g/mol. The quantitative estimate of drug-likeness (QED) is 0.834. The molecule has 0 aromatic carbocycles. The van der Waals surface area contributed by atoms with Crippen molar-refractivity contribution in [2.75, 3.05) is 24.3 Å². The topological polar surface area (TPSA) is 97.5 Å². The molecule has 0 radical (unpaired) electrons. The number of thiophene rings is 1. The molecule has 0 bridgehead atoms. The maximum absolute atomic E-state index is 12.8. The van der Waals surface area contributed by atoms with Gasteiger partial charge in [-0.3, -0.25) is 0 Å². The van der Waals surface area contributed by atoms with Gasteiger partial charge in [0, 0.05) is 40.6 Å². The lowest BCUT2D eigenvalue weighted by Gasteiger charge is -2.32. The van der Waals surface area contributed by atoms with Gasteiger partial charge >= 0.3 is 0 Å². The van der Waals surface area contributed by atoms with Crippen molar-refractivity contribution in [2.24, 2.45) is 5.73 Å². The lowest BCUT2D eigenvalue weighted by Crippen LogP contribution is -2.49. The van der Waals surface area contributed by atoms with Crippen LogP contribution in [0.25, 0.3) is 0 Å². The van der Waals surface area contributed by atoms with Gasteiger partial charge in [0.05, 0.1) is 4.90 Å². The zero-order valence-electron chi connectivity index (χ0n) is 11.8. The van der Waals surface area contributed by atoms with Gasteiger partial charge in [-0.2, -0.15) is 16.1 Å². The van der Waals surface area contributed by atoms with Crippen LogP contribution in [0.3, 0.4) is 0 Å². The van der Waals surface area contributed by atoms with Gasteiger partial charge < -0.3 is 5.73 Å². The van der Waals surface area contributed by atoms with E-state index in [4.69, 9.17) is 5.73 Å². The van der Waals surface area contributed by atoms with Crippen LogP contribution < -0.4 is 5.73 Å². The molecule has 21 heavy (non-hydrogen) atoms. The molecule has 0 amide bonds. The van der Waals surface area contributed by atoms with Crippen molar-refractivity contribution in [3.63, 3.8) is 0 Å². The van der Waals surface area contributed by atoms with Crippen LogP contribution >= 0.6 is 23.1 Å². The summed E-state index contributed by atoms with van der Waals surface area (Å²) in [7, 11) is -7.29. The van der Waals surface area contributed by atoms with Crippen molar-refractivity contribution in [1.29, 1.82) is 0 Å².